The molecule has 3 N–H and O–H groups in total. The Morgan fingerprint density at radius 2 is 2.12 bits per heavy atom. The fourth-order valence-electron chi connectivity index (χ4n) is 3.12. The van der Waals surface area contributed by atoms with Crippen LogP contribution in [-0.4, -0.2) is 23.6 Å². The number of fused-ring (bicyclic) bond motifs is 1. The van der Waals surface area contributed by atoms with Crippen LogP contribution in [0.4, 0.5) is 0 Å². The number of nitrogens with two attached hydrogens (primary N) is 1. The van der Waals surface area contributed by atoms with Crippen LogP contribution >= 0.6 is 11.6 Å². The lowest BCUT2D eigenvalue weighted by Crippen LogP contribution is -1.99. The van der Waals surface area contributed by atoms with Crippen LogP contribution in [0.15, 0.2) is 30.6 Å². The number of aromatic nitrogens is 2. The van der Waals surface area contributed by atoms with Crippen molar-refractivity contribution in [2.75, 3.05) is 13.7 Å². The maximum absolute atomic E-state index is 6.39. The molecule has 0 fully saturated rings. The van der Waals surface area contributed by atoms with E-state index >= 15 is 0 Å². The average molecular weight is 344 g/mol. The van der Waals surface area contributed by atoms with Crippen molar-refractivity contribution < 1.29 is 4.74 Å². The minimum atomic E-state index is 0.647. The zero-order chi connectivity index (χ0) is 17.1. The van der Waals surface area contributed by atoms with Gasteiger partial charge in [-0.25, -0.2) is 0 Å². The van der Waals surface area contributed by atoms with Gasteiger partial charge in [-0.05, 0) is 62.1 Å². The number of ether oxygens (including phenoxy) is 1. The van der Waals surface area contributed by atoms with Crippen LogP contribution < -0.4 is 10.5 Å². The number of rotatable bonds is 6. The molecule has 1 aromatic carbocycles. The van der Waals surface area contributed by atoms with Gasteiger partial charge in [-0.3, -0.25) is 4.98 Å². The summed E-state index contributed by atoms with van der Waals surface area (Å²) in [6.07, 6.45) is 6.43. The highest BCUT2D eigenvalue weighted by Gasteiger charge is 2.17. The number of nitrogens with zero attached hydrogens (tertiary/aromatic N) is 1. The highest BCUT2D eigenvalue weighted by molar-refractivity contribution is 6.33. The van der Waals surface area contributed by atoms with Gasteiger partial charge in [0, 0.05) is 28.9 Å². The fraction of sp³-hybridized carbons (Fsp3) is 0.316. The topological polar surface area (TPSA) is 63.9 Å². The summed E-state index contributed by atoms with van der Waals surface area (Å²) in [6.45, 7) is 2.79. The zero-order valence-electron chi connectivity index (χ0n) is 14.0. The Morgan fingerprint density at radius 3 is 2.83 bits per heavy atom. The van der Waals surface area contributed by atoms with Gasteiger partial charge in [-0.1, -0.05) is 11.6 Å². The summed E-state index contributed by atoms with van der Waals surface area (Å²) < 4.78 is 5.45. The van der Waals surface area contributed by atoms with E-state index in [-0.39, 0.29) is 0 Å². The number of aryl methyl sites for hydroxylation is 2. The molecule has 3 rings (SSSR count). The standard InChI is InChI=1S/C19H22ClN3O/c1-12-9-13(24-2)10-16-14(5-3-4-7-21)19(23-18(12)16)15-6-8-22-11-17(15)20/h6,8-11,23H,3-5,7,21H2,1-2H3. The summed E-state index contributed by atoms with van der Waals surface area (Å²) in [5, 5.41) is 1.83. The molecule has 0 amide bonds. The summed E-state index contributed by atoms with van der Waals surface area (Å²) in [5.41, 5.74) is 11.2. The average Bonchev–Trinajstić information content (AvgIpc) is 2.94. The Kier molecular flexibility index (Phi) is 5.07. The normalized spacial score (nSPS) is 11.2. The first-order valence-corrected chi connectivity index (χ1v) is 8.52. The molecule has 3 aromatic rings. The minimum Gasteiger partial charge on any atom is -0.497 e. The number of hydrogen-bond donors (Lipinski definition) is 2. The first-order chi connectivity index (χ1) is 11.7. The fourth-order valence-corrected chi connectivity index (χ4v) is 3.34. The van der Waals surface area contributed by atoms with E-state index in [0.717, 1.165) is 47.3 Å². The number of pyridine rings is 1. The van der Waals surface area contributed by atoms with Crippen LogP contribution in [0.3, 0.4) is 0 Å². The van der Waals surface area contributed by atoms with Gasteiger partial charge >= 0.3 is 0 Å². The minimum absolute atomic E-state index is 0.647. The second-order valence-corrected chi connectivity index (χ2v) is 6.35. The molecule has 0 aliphatic heterocycles. The van der Waals surface area contributed by atoms with E-state index in [1.54, 1.807) is 19.5 Å². The SMILES string of the molecule is COc1cc(C)c2[nH]c(-c3ccncc3Cl)c(CCCCN)c2c1. The summed E-state index contributed by atoms with van der Waals surface area (Å²) >= 11 is 6.39. The number of unbranched alkanes of at least 4 members (excludes halogenated alkanes) is 1. The predicted molar refractivity (Wildman–Crippen MR) is 99.8 cm³/mol. The molecule has 4 nitrogen and oxygen atoms in total. The number of methoxy groups -OCH3 is 1. The van der Waals surface area contributed by atoms with E-state index in [4.69, 9.17) is 22.1 Å². The van der Waals surface area contributed by atoms with E-state index in [1.807, 2.05) is 12.1 Å². The first kappa shape index (κ1) is 16.8. The predicted octanol–water partition coefficient (Wildman–Crippen LogP) is 4.48. The largest absolute Gasteiger partial charge is 0.497 e. The molecule has 0 aliphatic rings. The number of aromatic amines is 1. The van der Waals surface area contributed by atoms with Crippen molar-refractivity contribution in [3.05, 3.63) is 46.7 Å². The van der Waals surface area contributed by atoms with Crippen molar-refractivity contribution in [2.24, 2.45) is 5.73 Å². The van der Waals surface area contributed by atoms with E-state index in [9.17, 15) is 0 Å². The van der Waals surface area contributed by atoms with Crippen LogP contribution in [0, 0.1) is 6.92 Å². The Labute approximate surface area is 147 Å². The maximum atomic E-state index is 6.39. The summed E-state index contributed by atoms with van der Waals surface area (Å²) in [7, 11) is 1.70. The van der Waals surface area contributed by atoms with Crippen LogP contribution in [-0.2, 0) is 6.42 Å². The molecule has 0 bridgehead atoms. The third kappa shape index (κ3) is 3.12. The van der Waals surface area contributed by atoms with E-state index < -0.39 is 0 Å². The van der Waals surface area contributed by atoms with Gasteiger partial charge < -0.3 is 15.5 Å². The van der Waals surface area contributed by atoms with E-state index in [2.05, 4.69) is 23.0 Å². The van der Waals surface area contributed by atoms with Crippen LogP contribution in [0.2, 0.25) is 5.02 Å². The highest BCUT2D eigenvalue weighted by atomic mass is 35.5. The number of H-pyrrole nitrogens is 1. The second-order valence-electron chi connectivity index (χ2n) is 5.95. The smallest absolute Gasteiger partial charge is 0.119 e. The number of nitrogens with one attached hydrogen (secondary N) is 1. The van der Waals surface area contributed by atoms with Crippen molar-refractivity contribution in [3.8, 4) is 17.0 Å². The molecule has 0 saturated carbocycles. The summed E-state index contributed by atoms with van der Waals surface area (Å²) in [4.78, 5) is 7.66. The third-order valence-corrected chi connectivity index (χ3v) is 4.65. The summed E-state index contributed by atoms with van der Waals surface area (Å²) in [6, 6.07) is 6.09. The molecular formula is C19H22ClN3O. The van der Waals surface area contributed by atoms with Gasteiger partial charge in [0.2, 0.25) is 0 Å². The van der Waals surface area contributed by atoms with Gasteiger partial charge in [-0.15, -0.1) is 0 Å². The van der Waals surface area contributed by atoms with Crippen molar-refractivity contribution in [1.82, 2.24) is 9.97 Å². The lowest BCUT2D eigenvalue weighted by molar-refractivity contribution is 0.415. The Hall–Kier alpha value is -2.04. The molecule has 0 spiro atoms. The molecule has 0 saturated heterocycles. The van der Waals surface area contributed by atoms with Crippen molar-refractivity contribution in [1.29, 1.82) is 0 Å². The molecule has 5 heteroatoms. The summed E-state index contributed by atoms with van der Waals surface area (Å²) in [5.74, 6) is 0.867. The van der Waals surface area contributed by atoms with Gasteiger partial charge in [0.05, 0.1) is 17.8 Å². The van der Waals surface area contributed by atoms with Crippen molar-refractivity contribution in [2.45, 2.75) is 26.2 Å². The molecule has 126 valence electrons. The molecule has 0 aliphatic carbocycles. The van der Waals surface area contributed by atoms with Crippen LogP contribution in [0.5, 0.6) is 5.75 Å². The molecule has 2 aromatic heterocycles. The van der Waals surface area contributed by atoms with Gasteiger partial charge in [0.1, 0.15) is 5.75 Å². The zero-order valence-corrected chi connectivity index (χ0v) is 14.8. The van der Waals surface area contributed by atoms with Crippen molar-refractivity contribution >= 4 is 22.5 Å². The van der Waals surface area contributed by atoms with Gasteiger partial charge in [0.15, 0.2) is 0 Å². The highest BCUT2D eigenvalue weighted by Crippen LogP contribution is 2.37. The molecule has 0 unspecified atom stereocenters. The van der Waals surface area contributed by atoms with E-state index in [0.29, 0.717) is 11.6 Å². The van der Waals surface area contributed by atoms with Crippen molar-refractivity contribution in [3.63, 3.8) is 0 Å². The Morgan fingerprint density at radius 1 is 1.29 bits per heavy atom. The second kappa shape index (κ2) is 7.24. The molecule has 0 atom stereocenters. The third-order valence-electron chi connectivity index (χ3n) is 4.34. The Bertz CT molecular complexity index is 857. The lowest BCUT2D eigenvalue weighted by atomic mass is 10.00. The maximum Gasteiger partial charge on any atom is 0.119 e. The Balaban J connectivity index is 2.21. The monoisotopic (exact) mass is 343 g/mol. The van der Waals surface area contributed by atoms with Gasteiger partial charge in [-0.2, -0.15) is 0 Å². The number of benzene rings is 1. The molecule has 24 heavy (non-hydrogen) atoms. The molecule has 0 radical (unpaired) electrons. The molecule has 2 heterocycles. The van der Waals surface area contributed by atoms with Crippen LogP contribution in [0.25, 0.3) is 22.2 Å². The number of hydrogen-bond acceptors (Lipinski definition) is 3. The lowest BCUT2D eigenvalue weighted by Gasteiger charge is -2.07. The first-order valence-electron chi connectivity index (χ1n) is 8.14. The van der Waals surface area contributed by atoms with Crippen LogP contribution in [0.1, 0.15) is 24.0 Å². The number of halogens is 1. The molecular weight excluding hydrogens is 322 g/mol. The van der Waals surface area contributed by atoms with E-state index in [1.165, 1.54) is 10.9 Å². The van der Waals surface area contributed by atoms with Gasteiger partial charge in [0.25, 0.3) is 0 Å². The quantitative estimate of drug-likeness (QED) is 0.648.